The molecule has 0 atom stereocenters. The zero-order valence-corrected chi connectivity index (χ0v) is 21.1. The summed E-state index contributed by atoms with van der Waals surface area (Å²) in [7, 11) is 0. The van der Waals surface area contributed by atoms with Gasteiger partial charge in [-0.15, -0.1) is 0 Å². The van der Waals surface area contributed by atoms with Crippen LogP contribution in [0.15, 0.2) is 83.0 Å². The fourth-order valence-corrected chi connectivity index (χ4v) is 2.51. The van der Waals surface area contributed by atoms with Gasteiger partial charge in [0.05, 0.1) is 34.2 Å². The second kappa shape index (κ2) is 16.0. The maximum atomic E-state index is 6.28. The van der Waals surface area contributed by atoms with Crippen LogP contribution in [0.5, 0.6) is 0 Å². The third-order valence-electron chi connectivity index (χ3n) is 3.78. The Morgan fingerprint density at radius 1 is 0.710 bits per heavy atom. The maximum absolute atomic E-state index is 6.28. The summed E-state index contributed by atoms with van der Waals surface area (Å²) >= 11 is 6.28. The summed E-state index contributed by atoms with van der Waals surface area (Å²) in [5.41, 5.74) is 10.7. The van der Waals surface area contributed by atoms with E-state index in [2.05, 4.69) is 26.0 Å². The van der Waals surface area contributed by atoms with Crippen molar-refractivity contribution in [1.29, 1.82) is 0 Å². The molecule has 0 radical (unpaired) electrons. The van der Waals surface area contributed by atoms with Crippen LogP contribution in [-0.2, 0) is 18.6 Å². The number of benzene rings is 2. The predicted octanol–water partition coefficient (Wildman–Crippen LogP) is -3.58. The fraction of sp³-hybridized carbons (Fsp3) is 0.0952. The molecule has 0 bridgehead atoms. The largest absolute Gasteiger partial charge is 3.00 e. The minimum atomic E-state index is 0. The van der Waals surface area contributed by atoms with Gasteiger partial charge in [0.15, 0.2) is 0 Å². The number of rotatable bonds is 6. The Kier molecular flexibility index (Phi) is 16.2. The van der Waals surface area contributed by atoms with Crippen LogP contribution in [0.4, 0.5) is 11.4 Å². The van der Waals surface area contributed by atoms with E-state index in [1.54, 1.807) is 12.1 Å². The summed E-state index contributed by atoms with van der Waals surface area (Å²) in [5.74, 6) is 0. The van der Waals surface area contributed by atoms with Gasteiger partial charge in [-0.2, -0.15) is 10.2 Å². The molecule has 0 aliphatic heterocycles. The molecule has 3 aromatic rings. The first kappa shape index (κ1) is 31.5. The van der Waals surface area contributed by atoms with Crippen molar-refractivity contribution in [1.82, 2.24) is 4.98 Å². The number of nitrogens with one attached hydrogen (secondary N) is 2. The van der Waals surface area contributed by atoms with Gasteiger partial charge in [0.1, 0.15) is 0 Å². The van der Waals surface area contributed by atoms with Gasteiger partial charge in [-0.05, 0) is 50.2 Å². The van der Waals surface area contributed by atoms with Crippen molar-refractivity contribution >= 4 is 34.4 Å². The monoisotopic (exact) mass is 533 g/mol. The van der Waals surface area contributed by atoms with Gasteiger partial charge in [0, 0.05) is 5.02 Å². The zero-order valence-electron chi connectivity index (χ0n) is 16.7. The molecule has 0 aliphatic rings. The minimum Gasteiger partial charge on any atom is -1.00 e. The number of nitrogens with zero attached hydrogens (tertiary/aromatic N) is 3. The molecule has 0 fully saturated rings. The van der Waals surface area contributed by atoms with E-state index in [9.17, 15) is 0 Å². The molecule has 0 amide bonds. The van der Waals surface area contributed by atoms with Crippen LogP contribution in [0.1, 0.15) is 25.2 Å². The molecule has 0 aliphatic carbocycles. The molecule has 1 aromatic heterocycles. The van der Waals surface area contributed by atoms with Gasteiger partial charge in [0.25, 0.3) is 0 Å². The molecule has 5 nitrogen and oxygen atoms in total. The van der Waals surface area contributed by atoms with Crippen LogP contribution in [0, 0.1) is 0 Å². The Labute approximate surface area is 218 Å². The number of hydrogen-bond acceptors (Lipinski definition) is 5. The number of hydrogen-bond donors (Lipinski definition) is 2. The standard InChI is InChI=1S/C21H20ClN5.3ClH.V/c1-15(24-26-18-9-5-3-6-10-18)20-13-17(22)14-21(23-20)16(2)25-27-19-11-7-4-8-12-19;;;;/h3-14,26-27H,1-2H3;3*1H;/q;;;;+3/p-3. The molecule has 10 heteroatoms. The Balaban J connectivity index is 0. The van der Waals surface area contributed by atoms with Crippen LogP contribution >= 0.6 is 11.6 Å². The first-order valence-corrected chi connectivity index (χ1v) is 8.88. The summed E-state index contributed by atoms with van der Waals surface area (Å²) in [6, 6.07) is 23.0. The molecule has 0 saturated heterocycles. The Morgan fingerprint density at radius 3 is 1.42 bits per heavy atom. The molecule has 2 N–H and O–H groups in total. The van der Waals surface area contributed by atoms with Crippen molar-refractivity contribution in [2.45, 2.75) is 13.8 Å². The van der Waals surface area contributed by atoms with E-state index in [1.807, 2.05) is 74.5 Å². The van der Waals surface area contributed by atoms with E-state index in [1.165, 1.54) is 0 Å². The van der Waals surface area contributed by atoms with Crippen LogP contribution in [0.2, 0.25) is 5.02 Å². The fourth-order valence-electron chi connectivity index (χ4n) is 2.30. The van der Waals surface area contributed by atoms with Crippen molar-refractivity contribution in [2.24, 2.45) is 10.2 Å². The van der Waals surface area contributed by atoms with Crippen molar-refractivity contribution in [3.05, 3.63) is 89.2 Å². The summed E-state index contributed by atoms with van der Waals surface area (Å²) in [4.78, 5) is 4.63. The van der Waals surface area contributed by atoms with Crippen LogP contribution in [-0.4, -0.2) is 16.4 Å². The molecule has 1 heterocycles. The molecule has 31 heavy (non-hydrogen) atoms. The van der Waals surface area contributed by atoms with Crippen molar-refractivity contribution in [2.75, 3.05) is 10.9 Å². The summed E-state index contributed by atoms with van der Waals surface area (Å²) in [5, 5.41) is 9.36. The maximum Gasteiger partial charge on any atom is 3.00 e. The Bertz CT molecular complexity index is 894. The quantitative estimate of drug-likeness (QED) is 0.254. The number of halogens is 4. The molecule has 0 saturated carbocycles. The van der Waals surface area contributed by atoms with Crippen LogP contribution in [0.3, 0.4) is 0 Å². The van der Waals surface area contributed by atoms with E-state index >= 15 is 0 Å². The van der Waals surface area contributed by atoms with Crippen LogP contribution < -0.4 is 48.1 Å². The average Bonchev–Trinajstić information content (AvgIpc) is 2.71. The molecule has 162 valence electrons. The Hall–Kier alpha value is -1.73. The SMILES string of the molecule is CC(=NNc1ccccc1)c1cc(Cl)cc(C(C)=NNc2ccccc2)n1.[Cl-].[Cl-].[Cl-].[V+3]. The first-order valence-electron chi connectivity index (χ1n) is 8.51. The summed E-state index contributed by atoms with van der Waals surface area (Å²) < 4.78 is 0. The summed E-state index contributed by atoms with van der Waals surface area (Å²) in [6.45, 7) is 3.76. The Morgan fingerprint density at radius 2 is 1.06 bits per heavy atom. The smallest absolute Gasteiger partial charge is 1.00 e. The predicted molar refractivity (Wildman–Crippen MR) is 114 cm³/mol. The summed E-state index contributed by atoms with van der Waals surface area (Å²) in [6.07, 6.45) is 0. The van der Waals surface area contributed by atoms with Gasteiger partial charge in [-0.25, -0.2) is 4.98 Å². The third-order valence-corrected chi connectivity index (χ3v) is 4.00. The molecular weight excluding hydrogens is 515 g/mol. The van der Waals surface area contributed by atoms with Crippen molar-refractivity contribution in [3.8, 4) is 0 Å². The number of para-hydroxylation sites is 2. The molecule has 3 rings (SSSR count). The molecular formula is C21H20Cl4N5V. The van der Waals surface area contributed by atoms with Gasteiger partial charge in [0.2, 0.25) is 0 Å². The van der Waals surface area contributed by atoms with Gasteiger partial charge >= 0.3 is 18.6 Å². The van der Waals surface area contributed by atoms with E-state index in [-0.39, 0.29) is 55.8 Å². The number of anilines is 2. The third kappa shape index (κ3) is 9.96. The minimum absolute atomic E-state index is 0. The van der Waals surface area contributed by atoms with E-state index < -0.39 is 0 Å². The normalized spacial score (nSPS) is 10.4. The topological polar surface area (TPSA) is 61.7 Å². The van der Waals surface area contributed by atoms with Gasteiger partial charge < -0.3 is 37.2 Å². The second-order valence-electron chi connectivity index (χ2n) is 5.91. The average molecular weight is 535 g/mol. The number of aromatic nitrogens is 1. The molecule has 0 spiro atoms. The number of hydrazone groups is 2. The van der Waals surface area contributed by atoms with E-state index in [0.29, 0.717) is 16.4 Å². The van der Waals surface area contributed by atoms with Crippen molar-refractivity contribution < 1.29 is 55.8 Å². The van der Waals surface area contributed by atoms with Gasteiger partial charge in [-0.1, -0.05) is 48.0 Å². The van der Waals surface area contributed by atoms with Gasteiger partial charge in [-0.3, -0.25) is 10.9 Å². The van der Waals surface area contributed by atoms with E-state index in [0.717, 1.165) is 22.8 Å². The van der Waals surface area contributed by atoms with E-state index in [4.69, 9.17) is 11.6 Å². The van der Waals surface area contributed by atoms with Crippen LogP contribution in [0.25, 0.3) is 0 Å². The zero-order chi connectivity index (χ0) is 19.1. The molecule has 2 aromatic carbocycles. The molecule has 0 unspecified atom stereocenters. The second-order valence-corrected chi connectivity index (χ2v) is 6.34. The van der Waals surface area contributed by atoms with Crippen molar-refractivity contribution in [3.63, 3.8) is 0 Å². The first-order chi connectivity index (χ1) is 13.1. The number of pyridine rings is 1.